The molecule has 0 bridgehead atoms. The first-order valence-electron chi connectivity index (χ1n) is 7.89. The lowest BCUT2D eigenvalue weighted by Gasteiger charge is -2.29. The zero-order chi connectivity index (χ0) is 15.7. The van der Waals surface area contributed by atoms with Gasteiger partial charge < -0.3 is 8.94 Å². The van der Waals surface area contributed by atoms with Crippen molar-refractivity contribution in [2.75, 3.05) is 13.1 Å². The Labute approximate surface area is 130 Å². The summed E-state index contributed by atoms with van der Waals surface area (Å²) in [6.07, 6.45) is 4.06. The molecule has 6 heteroatoms. The summed E-state index contributed by atoms with van der Waals surface area (Å²) in [4.78, 5) is 11.1. The van der Waals surface area contributed by atoms with Crippen molar-refractivity contribution in [3.8, 4) is 0 Å². The maximum atomic E-state index is 5.89. The number of likely N-dealkylation sites (tertiary alicyclic amines) is 1. The monoisotopic (exact) mass is 304 g/mol. The summed E-state index contributed by atoms with van der Waals surface area (Å²) >= 11 is 0. The molecular weight excluding hydrogens is 280 g/mol. The highest BCUT2D eigenvalue weighted by Gasteiger charge is 2.27. The summed E-state index contributed by atoms with van der Waals surface area (Å²) in [7, 11) is 0. The highest BCUT2D eigenvalue weighted by atomic mass is 16.5. The molecule has 0 N–H and O–H groups in total. The van der Waals surface area contributed by atoms with Crippen molar-refractivity contribution in [3.05, 3.63) is 29.6 Å². The molecule has 6 nitrogen and oxygen atoms in total. The Bertz CT molecular complexity index is 626. The Hall–Kier alpha value is -1.69. The fourth-order valence-electron chi connectivity index (χ4n) is 2.80. The highest BCUT2D eigenvalue weighted by molar-refractivity contribution is 5.06. The van der Waals surface area contributed by atoms with Gasteiger partial charge in [0, 0.05) is 12.0 Å². The molecule has 0 aliphatic carbocycles. The second-order valence-electron chi connectivity index (χ2n) is 7.12. The van der Waals surface area contributed by atoms with Crippen molar-refractivity contribution in [3.63, 3.8) is 0 Å². The lowest BCUT2D eigenvalue weighted by atomic mass is 9.94. The number of aromatic nitrogens is 3. The van der Waals surface area contributed by atoms with Gasteiger partial charge in [0.15, 0.2) is 5.82 Å². The van der Waals surface area contributed by atoms with Gasteiger partial charge in [-0.15, -0.1) is 0 Å². The van der Waals surface area contributed by atoms with E-state index in [9.17, 15) is 0 Å². The number of nitrogens with zero attached hydrogens (tertiary/aromatic N) is 4. The maximum Gasteiger partial charge on any atom is 0.231 e. The molecule has 0 amide bonds. The van der Waals surface area contributed by atoms with E-state index < -0.39 is 0 Å². The fraction of sp³-hybridized carbons (Fsp3) is 0.688. The van der Waals surface area contributed by atoms with Crippen molar-refractivity contribution >= 4 is 0 Å². The van der Waals surface area contributed by atoms with Crippen LogP contribution in [0.15, 0.2) is 15.1 Å². The second-order valence-corrected chi connectivity index (χ2v) is 7.12. The van der Waals surface area contributed by atoms with Gasteiger partial charge in [0.2, 0.25) is 11.8 Å². The lowest BCUT2D eigenvalue weighted by Crippen LogP contribution is -2.34. The van der Waals surface area contributed by atoms with Gasteiger partial charge in [-0.05, 0) is 26.3 Å². The fourth-order valence-corrected chi connectivity index (χ4v) is 2.80. The average Bonchev–Trinajstić information content (AvgIpc) is 3.08. The Morgan fingerprint density at radius 1 is 1.36 bits per heavy atom. The van der Waals surface area contributed by atoms with Crippen LogP contribution in [0.25, 0.3) is 0 Å². The van der Waals surface area contributed by atoms with E-state index in [0.717, 1.165) is 50.0 Å². The number of hydrogen-bond donors (Lipinski definition) is 0. The molecule has 2 aromatic heterocycles. The minimum absolute atomic E-state index is 0.00301. The minimum Gasteiger partial charge on any atom is -0.444 e. The van der Waals surface area contributed by atoms with Gasteiger partial charge in [0.25, 0.3) is 0 Å². The summed E-state index contributed by atoms with van der Waals surface area (Å²) in [6.45, 7) is 10.9. The van der Waals surface area contributed by atoms with Crippen molar-refractivity contribution in [2.24, 2.45) is 0 Å². The first-order chi connectivity index (χ1) is 10.4. The molecule has 1 saturated heterocycles. The first kappa shape index (κ1) is 15.2. The number of aryl methyl sites for hydroxylation is 1. The van der Waals surface area contributed by atoms with Crippen LogP contribution in [0.4, 0.5) is 0 Å². The number of oxazole rings is 1. The Morgan fingerprint density at radius 3 is 2.82 bits per heavy atom. The third-order valence-electron chi connectivity index (χ3n) is 4.05. The quantitative estimate of drug-likeness (QED) is 0.868. The van der Waals surface area contributed by atoms with Crippen LogP contribution in [0.5, 0.6) is 0 Å². The normalized spacial score (nSPS) is 20.5. The van der Waals surface area contributed by atoms with Crippen molar-refractivity contribution < 1.29 is 8.94 Å². The number of rotatable bonds is 3. The minimum atomic E-state index is -0.00301. The second kappa shape index (κ2) is 5.83. The molecular formula is C16H24N4O2. The Kier molecular flexibility index (Phi) is 4.04. The molecule has 2 aromatic rings. The standard InChI is InChI=1S/C16H24N4O2/c1-11-18-15(22-19-11)12-6-5-7-20(9-12)10-14-17-8-13(21-14)16(2,3)4/h8,12H,5-7,9-10H2,1-4H3/t12-/m0/s1. The first-order valence-corrected chi connectivity index (χ1v) is 7.89. The Morgan fingerprint density at radius 2 is 2.18 bits per heavy atom. The molecule has 22 heavy (non-hydrogen) atoms. The van der Waals surface area contributed by atoms with Gasteiger partial charge in [-0.2, -0.15) is 4.98 Å². The highest BCUT2D eigenvalue weighted by Crippen LogP contribution is 2.27. The van der Waals surface area contributed by atoms with Gasteiger partial charge in [0.05, 0.1) is 18.7 Å². The smallest absolute Gasteiger partial charge is 0.231 e. The van der Waals surface area contributed by atoms with Crippen LogP contribution in [-0.2, 0) is 12.0 Å². The molecule has 0 unspecified atom stereocenters. The van der Waals surface area contributed by atoms with Crippen LogP contribution >= 0.6 is 0 Å². The summed E-state index contributed by atoms with van der Waals surface area (Å²) < 4.78 is 11.2. The summed E-state index contributed by atoms with van der Waals surface area (Å²) in [5.74, 6) is 3.49. The SMILES string of the molecule is Cc1noc([C@H]2CCCN(Cc3ncc(C(C)(C)C)o3)C2)n1. The van der Waals surface area contributed by atoms with Gasteiger partial charge >= 0.3 is 0 Å². The average molecular weight is 304 g/mol. The molecule has 0 aromatic carbocycles. The molecule has 1 atom stereocenters. The van der Waals surface area contributed by atoms with E-state index in [1.165, 1.54) is 0 Å². The van der Waals surface area contributed by atoms with E-state index in [4.69, 9.17) is 8.94 Å². The van der Waals surface area contributed by atoms with Gasteiger partial charge in [-0.3, -0.25) is 4.90 Å². The summed E-state index contributed by atoms with van der Waals surface area (Å²) in [5.41, 5.74) is -0.00301. The van der Waals surface area contributed by atoms with Crippen LogP contribution in [-0.4, -0.2) is 33.1 Å². The third-order valence-corrected chi connectivity index (χ3v) is 4.05. The predicted molar refractivity (Wildman–Crippen MR) is 81.5 cm³/mol. The van der Waals surface area contributed by atoms with Gasteiger partial charge in [0.1, 0.15) is 5.76 Å². The van der Waals surface area contributed by atoms with E-state index in [0.29, 0.717) is 11.7 Å². The van der Waals surface area contributed by atoms with Crippen LogP contribution in [0, 0.1) is 6.92 Å². The molecule has 3 rings (SSSR count). The summed E-state index contributed by atoms with van der Waals surface area (Å²) in [5, 5.41) is 3.90. The number of piperidine rings is 1. The maximum absolute atomic E-state index is 5.89. The van der Waals surface area contributed by atoms with Crippen LogP contribution in [0.1, 0.15) is 62.9 Å². The molecule has 0 radical (unpaired) electrons. The molecule has 3 heterocycles. The van der Waals surface area contributed by atoms with Crippen LogP contribution in [0.3, 0.4) is 0 Å². The molecule has 0 spiro atoms. The topological polar surface area (TPSA) is 68.2 Å². The molecule has 1 fully saturated rings. The van der Waals surface area contributed by atoms with Crippen molar-refractivity contribution in [1.82, 2.24) is 20.0 Å². The summed E-state index contributed by atoms with van der Waals surface area (Å²) in [6, 6.07) is 0. The third kappa shape index (κ3) is 3.38. The van der Waals surface area contributed by atoms with Crippen LogP contribution < -0.4 is 0 Å². The Balaban J connectivity index is 1.64. The molecule has 0 saturated carbocycles. The lowest BCUT2D eigenvalue weighted by molar-refractivity contribution is 0.165. The molecule has 120 valence electrons. The van der Waals surface area contributed by atoms with E-state index in [-0.39, 0.29) is 5.41 Å². The van der Waals surface area contributed by atoms with Crippen molar-refractivity contribution in [2.45, 2.75) is 58.4 Å². The van der Waals surface area contributed by atoms with Gasteiger partial charge in [-0.1, -0.05) is 25.9 Å². The van der Waals surface area contributed by atoms with Crippen molar-refractivity contribution in [1.29, 1.82) is 0 Å². The van der Waals surface area contributed by atoms with Crippen LogP contribution in [0.2, 0.25) is 0 Å². The molecule has 1 aliphatic rings. The largest absolute Gasteiger partial charge is 0.444 e. The number of hydrogen-bond acceptors (Lipinski definition) is 6. The predicted octanol–water partition coefficient (Wildman–Crippen LogP) is 3.04. The van der Waals surface area contributed by atoms with E-state index in [1.54, 1.807) is 0 Å². The van der Waals surface area contributed by atoms with E-state index in [2.05, 4.69) is 40.8 Å². The van der Waals surface area contributed by atoms with Gasteiger partial charge in [-0.25, -0.2) is 4.98 Å². The van der Waals surface area contributed by atoms with E-state index in [1.807, 2.05) is 13.1 Å². The zero-order valence-corrected chi connectivity index (χ0v) is 13.8. The molecule has 1 aliphatic heterocycles. The zero-order valence-electron chi connectivity index (χ0n) is 13.8. The van der Waals surface area contributed by atoms with E-state index >= 15 is 0 Å².